The first-order valence-electron chi connectivity index (χ1n) is 15.3. The maximum atomic E-state index is 14.0. The summed E-state index contributed by atoms with van der Waals surface area (Å²) >= 11 is 0. The highest BCUT2D eigenvalue weighted by Gasteiger charge is 2.32. The van der Waals surface area contributed by atoms with E-state index in [1.165, 1.54) is 24.5 Å². The zero-order valence-corrected chi connectivity index (χ0v) is 25.9. The first-order valence-corrected chi connectivity index (χ1v) is 15.3. The first kappa shape index (κ1) is 33.8. The van der Waals surface area contributed by atoms with E-state index in [1.54, 1.807) is 91.0 Å². The van der Waals surface area contributed by atoms with Crippen LogP contribution in [0, 0.1) is 0 Å². The second-order valence-electron chi connectivity index (χ2n) is 10.9. The van der Waals surface area contributed by atoms with Crippen LogP contribution in [0.2, 0.25) is 0 Å². The summed E-state index contributed by atoms with van der Waals surface area (Å²) in [5, 5.41) is 0. The van der Waals surface area contributed by atoms with Crippen LogP contribution in [0.5, 0.6) is 0 Å². The Morgan fingerprint density at radius 1 is 0.413 bits per heavy atom. The highest BCUT2D eigenvalue weighted by molar-refractivity contribution is 6.08. The maximum Gasteiger partial charge on any atom is 0.247 e. The number of benzene rings is 3. The second-order valence-corrected chi connectivity index (χ2v) is 10.9. The smallest absolute Gasteiger partial charge is 0.247 e. The van der Waals surface area contributed by atoms with Crippen molar-refractivity contribution in [2.45, 2.75) is 12.8 Å². The van der Waals surface area contributed by atoms with Crippen molar-refractivity contribution in [2.24, 2.45) is 11.5 Å². The average Bonchev–Trinajstić information content (AvgIpc) is 3.08. The molecular formula is C34H41N7O5. The SMILES string of the molecule is NCCCN1CC(=O)N(c2ccccc2)CC(=O)N(CCCN)CC(=O)N(c2ccccc2)CC(=O)N(c2ccccc2)CC1=O. The quantitative estimate of drug-likeness (QED) is 0.364. The van der Waals surface area contributed by atoms with E-state index < -0.39 is 29.5 Å². The fourth-order valence-corrected chi connectivity index (χ4v) is 5.13. The highest BCUT2D eigenvalue weighted by atomic mass is 16.2. The Balaban J connectivity index is 1.82. The molecule has 0 unspecified atom stereocenters. The van der Waals surface area contributed by atoms with E-state index in [4.69, 9.17) is 11.5 Å². The molecule has 0 aliphatic carbocycles. The van der Waals surface area contributed by atoms with Crippen molar-refractivity contribution in [3.05, 3.63) is 91.0 Å². The van der Waals surface area contributed by atoms with E-state index in [0.29, 0.717) is 29.9 Å². The van der Waals surface area contributed by atoms with Crippen LogP contribution in [0.15, 0.2) is 91.0 Å². The van der Waals surface area contributed by atoms with Crippen molar-refractivity contribution in [3.63, 3.8) is 0 Å². The number of anilines is 3. The molecule has 1 heterocycles. The molecule has 0 aromatic heterocycles. The fraction of sp³-hybridized carbons (Fsp3) is 0.324. The van der Waals surface area contributed by atoms with Crippen molar-refractivity contribution >= 4 is 46.6 Å². The van der Waals surface area contributed by atoms with E-state index in [9.17, 15) is 24.0 Å². The van der Waals surface area contributed by atoms with Gasteiger partial charge in [-0.15, -0.1) is 0 Å². The summed E-state index contributed by atoms with van der Waals surface area (Å²) in [5.41, 5.74) is 12.9. The summed E-state index contributed by atoms with van der Waals surface area (Å²) < 4.78 is 0. The van der Waals surface area contributed by atoms with Gasteiger partial charge in [0, 0.05) is 30.2 Å². The Labute approximate surface area is 269 Å². The van der Waals surface area contributed by atoms with Crippen molar-refractivity contribution in [1.29, 1.82) is 0 Å². The summed E-state index contributed by atoms with van der Waals surface area (Å²) in [6.45, 7) is -0.890. The summed E-state index contributed by atoms with van der Waals surface area (Å²) in [5.74, 6) is -2.45. The summed E-state index contributed by atoms with van der Waals surface area (Å²) in [4.78, 5) is 76.3. The van der Waals surface area contributed by atoms with Crippen LogP contribution in [0.4, 0.5) is 17.1 Å². The molecular weight excluding hydrogens is 586 g/mol. The number of hydrogen-bond acceptors (Lipinski definition) is 7. The topological polar surface area (TPSA) is 154 Å². The molecule has 1 fully saturated rings. The Kier molecular flexibility index (Phi) is 12.4. The second kappa shape index (κ2) is 16.8. The molecule has 1 aliphatic heterocycles. The lowest BCUT2D eigenvalue weighted by atomic mass is 10.2. The molecule has 0 spiro atoms. The van der Waals surface area contributed by atoms with Crippen molar-refractivity contribution in [2.75, 3.05) is 73.6 Å². The molecule has 46 heavy (non-hydrogen) atoms. The third kappa shape index (κ3) is 8.99. The predicted molar refractivity (Wildman–Crippen MR) is 177 cm³/mol. The number of nitrogens with two attached hydrogens (primary N) is 2. The lowest BCUT2D eigenvalue weighted by Gasteiger charge is -2.30. The zero-order chi connectivity index (χ0) is 32.9. The number of rotatable bonds is 9. The minimum Gasteiger partial charge on any atom is -0.332 e. The van der Waals surface area contributed by atoms with Gasteiger partial charge in [0.25, 0.3) is 0 Å². The van der Waals surface area contributed by atoms with Gasteiger partial charge in [-0.2, -0.15) is 0 Å². The number of para-hydroxylation sites is 3. The molecule has 3 aromatic rings. The van der Waals surface area contributed by atoms with Gasteiger partial charge in [-0.3, -0.25) is 24.0 Å². The lowest BCUT2D eigenvalue weighted by Crippen LogP contribution is -2.50. The molecule has 0 bridgehead atoms. The maximum absolute atomic E-state index is 14.0. The first-order chi connectivity index (χ1) is 22.3. The number of carbonyl (C=O) groups is 5. The monoisotopic (exact) mass is 627 g/mol. The van der Waals surface area contributed by atoms with E-state index >= 15 is 0 Å². The van der Waals surface area contributed by atoms with Gasteiger partial charge in [0.1, 0.15) is 32.7 Å². The molecule has 12 heteroatoms. The highest BCUT2D eigenvalue weighted by Crippen LogP contribution is 2.20. The molecule has 0 saturated carbocycles. The van der Waals surface area contributed by atoms with Gasteiger partial charge < -0.3 is 36.0 Å². The third-order valence-electron chi connectivity index (χ3n) is 7.61. The average molecular weight is 628 g/mol. The molecule has 0 radical (unpaired) electrons. The third-order valence-corrected chi connectivity index (χ3v) is 7.61. The lowest BCUT2D eigenvalue weighted by molar-refractivity contribution is -0.136. The molecule has 1 saturated heterocycles. The molecule has 1 aliphatic rings. The van der Waals surface area contributed by atoms with Crippen LogP contribution < -0.4 is 26.2 Å². The van der Waals surface area contributed by atoms with Gasteiger partial charge in [0.15, 0.2) is 0 Å². The van der Waals surface area contributed by atoms with Gasteiger partial charge in [-0.05, 0) is 62.3 Å². The van der Waals surface area contributed by atoms with Gasteiger partial charge in [0.05, 0.1) is 0 Å². The van der Waals surface area contributed by atoms with Gasteiger partial charge in [-0.25, -0.2) is 0 Å². The molecule has 0 atom stereocenters. The van der Waals surface area contributed by atoms with Crippen molar-refractivity contribution in [3.8, 4) is 0 Å². The van der Waals surface area contributed by atoms with E-state index in [-0.39, 0.29) is 58.9 Å². The minimum absolute atomic E-state index is 0.172. The zero-order valence-electron chi connectivity index (χ0n) is 25.9. The van der Waals surface area contributed by atoms with Crippen LogP contribution in [0.3, 0.4) is 0 Å². The summed E-state index contributed by atoms with van der Waals surface area (Å²) in [6.07, 6.45) is 0.845. The van der Waals surface area contributed by atoms with Crippen LogP contribution in [0.25, 0.3) is 0 Å². The van der Waals surface area contributed by atoms with E-state index in [2.05, 4.69) is 0 Å². The molecule has 4 N–H and O–H groups in total. The van der Waals surface area contributed by atoms with Gasteiger partial charge in [-0.1, -0.05) is 54.6 Å². The molecule has 3 aromatic carbocycles. The predicted octanol–water partition coefficient (Wildman–Crippen LogP) is 1.45. The van der Waals surface area contributed by atoms with Crippen molar-refractivity contribution in [1.82, 2.24) is 9.80 Å². The van der Waals surface area contributed by atoms with Gasteiger partial charge >= 0.3 is 0 Å². The van der Waals surface area contributed by atoms with E-state index in [1.807, 2.05) is 0 Å². The standard InChI is InChI=1S/C34H41N7O5/c35-18-10-20-37-22-32(44)39(27-12-4-1-5-13-27)24-30(42)38(21-11-19-36)23-33(45)41(29-16-8-3-9-17-29)26-34(46)40(25-31(37)43)28-14-6-2-7-15-28/h1-9,12-17H,10-11,18-26,35-36H2. The normalized spacial score (nSPS) is 16.1. The molecule has 4 rings (SSSR count). The van der Waals surface area contributed by atoms with Crippen LogP contribution in [-0.4, -0.2) is 98.2 Å². The largest absolute Gasteiger partial charge is 0.332 e. The number of carbonyl (C=O) groups excluding carboxylic acids is 5. The Morgan fingerprint density at radius 2 is 0.696 bits per heavy atom. The fourth-order valence-electron chi connectivity index (χ4n) is 5.13. The van der Waals surface area contributed by atoms with Crippen LogP contribution in [0.1, 0.15) is 12.8 Å². The summed E-state index contributed by atoms with van der Waals surface area (Å²) in [7, 11) is 0. The summed E-state index contributed by atoms with van der Waals surface area (Å²) in [6, 6.07) is 26.1. The van der Waals surface area contributed by atoms with Crippen LogP contribution >= 0.6 is 0 Å². The Hall–Kier alpha value is -5.07. The van der Waals surface area contributed by atoms with Crippen LogP contribution in [-0.2, 0) is 24.0 Å². The van der Waals surface area contributed by atoms with Gasteiger partial charge in [0.2, 0.25) is 29.5 Å². The van der Waals surface area contributed by atoms with Crippen molar-refractivity contribution < 1.29 is 24.0 Å². The van der Waals surface area contributed by atoms with E-state index in [0.717, 1.165) is 0 Å². The molecule has 5 amide bonds. The molecule has 12 nitrogen and oxygen atoms in total. The molecule has 242 valence electrons. The number of amides is 5. The number of hydrogen-bond donors (Lipinski definition) is 2. The Morgan fingerprint density at radius 3 is 1.00 bits per heavy atom. The minimum atomic E-state index is -0.512. The number of nitrogens with zero attached hydrogens (tertiary/aromatic N) is 5. The Bertz CT molecular complexity index is 1430.